The average Bonchev–Trinajstić information content (AvgIpc) is 2.88. The van der Waals surface area contributed by atoms with Gasteiger partial charge in [0.15, 0.2) is 6.10 Å². The molecule has 1 amide bonds. The molecule has 0 aliphatic carbocycles. The Bertz CT molecular complexity index is 1120. The van der Waals surface area contributed by atoms with Crippen LogP contribution in [0.1, 0.15) is 26.7 Å². The number of hydrogen-bond donors (Lipinski definition) is 0. The van der Waals surface area contributed by atoms with Crippen molar-refractivity contribution in [1.29, 1.82) is 0 Å². The Hall–Kier alpha value is -2.78. The highest BCUT2D eigenvalue weighted by Gasteiger charge is 2.31. The van der Waals surface area contributed by atoms with E-state index in [1.807, 2.05) is 30.3 Å². The predicted molar refractivity (Wildman–Crippen MR) is 135 cm³/mol. The number of para-hydroxylation sites is 1. The minimum atomic E-state index is -3.58. The van der Waals surface area contributed by atoms with Gasteiger partial charge >= 0.3 is 0 Å². The summed E-state index contributed by atoms with van der Waals surface area (Å²) in [6, 6.07) is 14.4. The molecule has 2 heterocycles. The van der Waals surface area contributed by atoms with E-state index in [1.165, 1.54) is 0 Å². The monoisotopic (exact) mass is 501 g/mol. The standard InChI is InChI=1S/C26H35N3O5S/c1-20-8-7-13-29(19-20)35(31,32)23-11-12-25(33-3)24(18-23)27-14-16-28(17-15-27)26(30)21(2)34-22-9-5-4-6-10-22/h4-6,9-12,18,20-21H,7-8,13-17,19H2,1-3H3/t20-,21+/m0/s1. The lowest BCUT2D eigenvalue weighted by Crippen LogP contribution is -2.52. The van der Waals surface area contributed by atoms with Gasteiger partial charge in [-0.1, -0.05) is 25.1 Å². The minimum Gasteiger partial charge on any atom is -0.495 e. The molecule has 2 aliphatic heterocycles. The van der Waals surface area contributed by atoms with Gasteiger partial charge in [0.2, 0.25) is 10.0 Å². The minimum absolute atomic E-state index is 0.0592. The van der Waals surface area contributed by atoms with E-state index in [0.717, 1.165) is 18.5 Å². The molecule has 2 aromatic rings. The number of piperidine rings is 1. The van der Waals surface area contributed by atoms with Crippen molar-refractivity contribution in [3.8, 4) is 11.5 Å². The van der Waals surface area contributed by atoms with Crippen molar-refractivity contribution in [2.45, 2.75) is 37.7 Å². The molecule has 2 saturated heterocycles. The number of ether oxygens (including phenoxy) is 2. The summed E-state index contributed by atoms with van der Waals surface area (Å²) in [6.07, 6.45) is 1.35. The Labute approximate surface area is 208 Å². The summed E-state index contributed by atoms with van der Waals surface area (Å²) in [7, 11) is -1.99. The highest BCUT2D eigenvalue weighted by Crippen LogP contribution is 2.33. The fourth-order valence-corrected chi connectivity index (χ4v) is 6.39. The second kappa shape index (κ2) is 10.9. The predicted octanol–water partition coefficient (Wildman–Crippen LogP) is 3.23. The lowest BCUT2D eigenvalue weighted by atomic mass is 10.0. The first-order valence-electron chi connectivity index (χ1n) is 12.2. The van der Waals surface area contributed by atoms with E-state index >= 15 is 0 Å². The van der Waals surface area contributed by atoms with Crippen LogP contribution in [-0.2, 0) is 14.8 Å². The number of piperazine rings is 1. The number of methoxy groups -OCH3 is 1. The van der Waals surface area contributed by atoms with Crippen molar-refractivity contribution in [1.82, 2.24) is 9.21 Å². The number of hydrogen-bond acceptors (Lipinski definition) is 6. The second-order valence-corrected chi connectivity index (χ2v) is 11.3. The summed E-state index contributed by atoms with van der Waals surface area (Å²) in [5, 5.41) is 0. The van der Waals surface area contributed by atoms with Crippen LogP contribution in [0.4, 0.5) is 5.69 Å². The third-order valence-electron chi connectivity index (χ3n) is 6.74. The van der Waals surface area contributed by atoms with Gasteiger partial charge in [-0.2, -0.15) is 4.31 Å². The molecule has 0 spiro atoms. The molecule has 2 aromatic carbocycles. The molecule has 2 fully saturated rings. The van der Waals surface area contributed by atoms with Crippen molar-refractivity contribution in [2.75, 3.05) is 51.3 Å². The van der Waals surface area contributed by atoms with E-state index in [0.29, 0.717) is 56.7 Å². The van der Waals surface area contributed by atoms with Crippen molar-refractivity contribution in [3.05, 3.63) is 48.5 Å². The van der Waals surface area contributed by atoms with Gasteiger partial charge in [0.05, 0.1) is 17.7 Å². The first kappa shape index (κ1) is 25.3. The van der Waals surface area contributed by atoms with Gasteiger partial charge in [-0.25, -0.2) is 8.42 Å². The van der Waals surface area contributed by atoms with E-state index in [9.17, 15) is 13.2 Å². The first-order chi connectivity index (χ1) is 16.8. The molecule has 0 aromatic heterocycles. The quantitative estimate of drug-likeness (QED) is 0.580. The van der Waals surface area contributed by atoms with Crippen molar-refractivity contribution < 1.29 is 22.7 Å². The van der Waals surface area contributed by atoms with Crippen LogP contribution in [0.25, 0.3) is 0 Å². The molecule has 0 bridgehead atoms. The van der Waals surface area contributed by atoms with Gasteiger partial charge in [0, 0.05) is 39.3 Å². The normalized spacial score (nSPS) is 20.4. The molecule has 0 saturated carbocycles. The molecule has 190 valence electrons. The van der Waals surface area contributed by atoms with E-state index in [1.54, 1.807) is 41.4 Å². The zero-order valence-electron chi connectivity index (χ0n) is 20.7. The lowest BCUT2D eigenvalue weighted by Gasteiger charge is -2.37. The number of amides is 1. The second-order valence-electron chi connectivity index (χ2n) is 9.33. The molecule has 2 atom stereocenters. The maximum atomic E-state index is 13.3. The van der Waals surface area contributed by atoms with E-state index in [2.05, 4.69) is 11.8 Å². The van der Waals surface area contributed by atoms with E-state index in [-0.39, 0.29) is 10.8 Å². The topological polar surface area (TPSA) is 79.4 Å². The highest BCUT2D eigenvalue weighted by atomic mass is 32.2. The largest absolute Gasteiger partial charge is 0.495 e. The summed E-state index contributed by atoms with van der Waals surface area (Å²) in [6.45, 7) is 7.14. The van der Waals surface area contributed by atoms with Gasteiger partial charge < -0.3 is 19.3 Å². The molecule has 4 rings (SSSR count). The Balaban J connectivity index is 1.44. The van der Waals surface area contributed by atoms with Gasteiger partial charge in [-0.05, 0) is 56.0 Å². The zero-order valence-corrected chi connectivity index (χ0v) is 21.5. The Morgan fingerprint density at radius 2 is 1.74 bits per heavy atom. The summed E-state index contributed by atoms with van der Waals surface area (Å²) in [5.41, 5.74) is 0.735. The molecule has 0 unspecified atom stereocenters. The van der Waals surface area contributed by atoms with E-state index in [4.69, 9.17) is 9.47 Å². The number of rotatable bonds is 7. The molecule has 8 nitrogen and oxygen atoms in total. The highest BCUT2D eigenvalue weighted by molar-refractivity contribution is 7.89. The lowest BCUT2D eigenvalue weighted by molar-refractivity contribution is -0.138. The summed E-state index contributed by atoms with van der Waals surface area (Å²) < 4.78 is 39.6. The zero-order chi connectivity index (χ0) is 25.0. The van der Waals surface area contributed by atoms with Crippen molar-refractivity contribution in [3.63, 3.8) is 0 Å². The van der Waals surface area contributed by atoms with Crippen LogP contribution < -0.4 is 14.4 Å². The fourth-order valence-electron chi connectivity index (χ4n) is 4.77. The molecule has 9 heteroatoms. The number of anilines is 1. The number of carbonyl (C=O) groups excluding carboxylic acids is 1. The van der Waals surface area contributed by atoms with Gasteiger partial charge in [0.25, 0.3) is 5.91 Å². The van der Waals surface area contributed by atoms with Crippen molar-refractivity contribution in [2.24, 2.45) is 5.92 Å². The van der Waals surface area contributed by atoms with Gasteiger partial charge in [0.1, 0.15) is 11.5 Å². The number of nitrogens with zero attached hydrogens (tertiary/aromatic N) is 3. The number of carbonyl (C=O) groups is 1. The molecule has 0 radical (unpaired) electrons. The van der Waals surface area contributed by atoms with Crippen LogP contribution >= 0.6 is 0 Å². The van der Waals surface area contributed by atoms with E-state index < -0.39 is 16.1 Å². The molecular weight excluding hydrogens is 466 g/mol. The first-order valence-corrected chi connectivity index (χ1v) is 13.7. The van der Waals surface area contributed by atoms with Crippen LogP contribution in [0.3, 0.4) is 0 Å². The molecule has 0 N–H and O–H groups in total. The Morgan fingerprint density at radius 1 is 1.03 bits per heavy atom. The van der Waals surface area contributed by atoms with Crippen LogP contribution in [0.5, 0.6) is 11.5 Å². The third kappa shape index (κ3) is 5.73. The average molecular weight is 502 g/mol. The molecular formula is C26H35N3O5S. The number of benzene rings is 2. The fraction of sp³-hybridized carbons (Fsp3) is 0.500. The Kier molecular flexibility index (Phi) is 7.86. The molecule has 2 aliphatic rings. The van der Waals surface area contributed by atoms with Crippen molar-refractivity contribution >= 4 is 21.6 Å². The molecule has 35 heavy (non-hydrogen) atoms. The number of sulfonamides is 1. The SMILES string of the molecule is COc1ccc(S(=O)(=O)N2CCC[C@H](C)C2)cc1N1CCN(C(=O)[C@@H](C)Oc2ccccc2)CC1. The maximum Gasteiger partial charge on any atom is 0.263 e. The summed E-state index contributed by atoms with van der Waals surface area (Å²) >= 11 is 0. The summed E-state index contributed by atoms with van der Waals surface area (Å²) in [4.78, 5) is 17.1. The maximum absolute atomic E-state index is 13.3. The van der Waals surface area contributed by atoms with Crippen LogP contribution in [0.15, 0.2) is 53.4 Å². The van der Waals surface area contributed by atoms with Gasteiger partial charge in [-0.3, -0.25) is 4.79 Å². The van der Waals surface area contributed by atoms with Crippen LogP contribution in [-0.4, -0.2) is 76.0 Å². The Morgan fingerprint density at radius 3 is 2.40 bits per heavy atom. The third-order valence-corrected chi connectivity index (χ3v) is 8.60. The van der Waals surface area contributed by atoms with Crippen LogP contribution in [0, 0.1) is 5.92 Å². The smallest absolute Gasteiger partial charge is 0.263 e. The van der Waals surface area contributed by atoms with Gasteiger partial charge in [-0.15, -0.1) is 0 Å². The van der Waals surface area contributed by atoms with Crippen LogP contribution in [0.2, 0.25) is 0 Å². The summed E-state index contributed by atoms with van der Waals surface area (Å²) in [5.74, 6) is 1.58.